The van der Waals surface area contributed by atoms with Crippen LogP contribution in [0.4, 0.5) is 0 Å². The lowest BCUT2D eigenvalue weighted by molar-refractivity contribution is -0.127. The molecule has 1 fully saturated rings. The van der Waals surface area contributed by atoms with Gasteiger partial charge in [0.25, 0.3) is 0 Å². The Labute approximate surface area is 116 Å². The highest BCUT2D eigenvalue weighted by Crippen LogP contribution is 2.20. The molecule has 19 heavy (non-hydrogen) atoms. The van der Waals surface area contributed by atoms with Crippen LogP contribution in [0.1, 0.15) is 17.0 Å². The number of amides is 1. The van der Waals surface area contributed by atoms with Gasteiger partial charge in [-0.2, -0.15) is 0 Å². The SMILES string of the molecule is Cc1ncsc1CCN1CC(CS(N)(=O)=O)CC1=O. The standard InChI is InChI=1S/C11H17N3O3S2/c1-8-10(18-7-13-8)2-3-14-5-9(4-11(14)15)6-19(12,16)17/h7,9H,2-6H2,1H3,(H2,12,16,17). The Morgan fingerprint density at radius 1 is 1.58 bits per heavy atom. The summed E-state index contributed by atoms with van der Waals surface area (Å²) in [4.78, 5) is 18.8. The zero-order chi connectivity index (χ0) is 14.0. The van der Waals surface area contributed by atoms with Gasteiger partial charge in [0.2, 0.25) is 15.9 Å². The molecule has 1 saturated heterocycles. The predicted octanol–water partition coefficient (Wildman–Crippen LogP) is 0.131. The molecule has 1 aliphatic heterocycles. The minimum Gasteiger partial charge on any atom is -0.342 e. The Kier molecular flexibility index (Phi) is 4.22. The van der Waals surface area contributed by atoms with Gasteiger partial charge in [-0.3, -0.25) is 4.79 Å². The van der Waals surface area contributed by atoms with E-state index in [9.17, 15) is 13.2 Å². The molecular weight excluding hydrogens is 286 g/mol. The van der Waals surface area contributed by atoms with Crippen LogP contribution in [-0.2, 0) is 21.2 Å². The Bertz CT molecular complexity index is 567. The zero-order valence-corrected chi connectivity index (χ0v) is 12.3. The van der Waals surface area contributed by atoms with Crippen molar-refractivity contribution in [1.29, 1.82) is 0 Å². The lowest BCUT2D eigenvalue weighted by atomic mass is 10.1. The van der Waals surface area contributed by atoms with E-state index in [-0.39, 0.29) is 24.0 Å². The van der Waals surface area contributed by atoms with Gasteiger partial charge in [0.15, 0.2) is 0 Å². The van der Waals surface area contributed by atoms with E-state index in [1.807, 2.05) is 6.92 Å². The van der Waals surface area contributed by atoms with Gasteiger partial charge in [0, 0.05) is 36.7 Å². The number of sulfonamides is 1. The minimum absolute atomic E-state index is 0.0100. The quantitative estimate of drug-likeness (QED) is 0.836. The molecule has 1 amide bonds. The third-order valence-corrected chi connectivity index (χ3v) is 5.15. The van der Waals surface area contributed by atoms with Crippen molar-refractivity contribution in [3.05, 3.63) is 16.1 Å². The molecule has 1 aromatic heterocycles. The van der Waals surface area contributed by atoms with Crippen LogP contribution in [0.15, 0.2) is 5.51 Å². The summed E-state index contributed by atoms with van der Waals surface area (Å²) in [6.07, 6.45) is 1.04. The third-order valence-electron chi connectivity index (χ3n) is 3.22. The van der Waals surface area contributed by atoms with Crippen molar-refractivity contribution in [1.82, 2.24) is 9.88 Å². The largest absolute Gasteiger partial charge is 0.342 e. The van der Waals surface area contributed by atoms with E-state index in [1.54, 1.807) is 21.7 Å². The first kappa shape index (κ1) is 14.4. The van der Waals surface area contributed by atoms with E-state index < -0.39 is 10.0 Å². The monoisotopic (exact) mass is 303 g/mol. The second-order valence-electron chi connectivity index (χ2n) is 4.85. The Morgan fingerprint density at radius 2 is 2.32 bits per heavy atom. The summed E-state index contributed by atoms with van der Waals surface area (Å²) >= 11 is 1.58. The molecule has 1 atom stereocenters. The van der Waals surface area contributed by atoms with Gasteiger partial charge in [0.05, 0.1) is 17.0 Å². The zero-order valence-electron chi connectivity index (χ0n) is 10.7. The molecule has 0 bridgehead atoms. The number of aromatic nitrogens is 1. The Morgan fingerprint density at radius 3 is 2.89 bits per heavy atom. The smallest absolute Gasteiger partial charge is 0.222 e. The molecule has 0 aromatic carbocycles. The molecule has 0 saturated carbocycles. The lowest BCUT2D eigenvalue weighted by Gasteiger charge is -2.16. The Hall–Kier alpha value is -0.990. The molecule has 2 rings (SSSR count). The van der Waals surface area contributed by atoms with Crippen molar-refractivity contribution in [2.45, 2.75) is 19.8 Å². The van der Waals surface area contributed by atoms with Crippen LogP contribution < -0.4 is 5.14 Å². The number of nitrogens with zero attached hydrogens (tertiary/aromatic N) is 2. The molecule has 106 valence electrons. The summed E-state index contributed by atoms with van der Waals surface area (Å²) in [7, 11) is -3.51. The molecule has 8 heteroatoms. The number of carbonyl (C=O) groups excluding carboxylic acids is 1. The van der Waals surface area contributed by atoms with E-state index in [0.29, 0.717) is 13.1 Å². The number of thiazole rings is 1. The second-order valence-corrected chi connectivity index (χ2v) is 7.45. The molecule has 2 N–H and O–H groups in total. The van der Waals surface area contributed by atoms with E-state index in [0.717, 1.165) is 12.1 Å². The number of hydrogen-bond donors (Lipinski definition) is 1. The number of hydrogen-bond acceptors (Lipinski definition) is 5. The molecular formula is C11H17N3O3S2. The molecule has 2 heterocycles. The van der Waals surface area contributed by atoms with Gasteiger partial charge in [-0.05, 0) is 6.92 Å². The molecule has 0 aliphatic carbocycles. The lowest BCUT2D eigenvalue weighted by Crippen LogP contribution is -2.29. The first-order valence-electron chi connectivity index (χ1n) is 6.02. The van der Waals surface area contributed by atoms with Crippen LogP contribution in [0.25, 0.3) is 0 Å². The van der Waals surface area contributed by atoms with Gasteiger partial charge in [-0.25, -0.2) is 18.5 Å². The predicted molar refractivity (Wildman–Crippen MR) is 73.2 cm³/mol. The first-order valence-corrected chi connectivity index (χ1v) is 8.62. The first-order chi connectivity index (χ1) is 8.85. The van der Waals surface area contributed by atoms with Gasteiger partial charge in [-0.15, -0.1) is 11.3 Å². The molecule has 1 unspecified atom stereocenters. The van der Waals surface area contributed by atoms with Gasteiger partial charge < -0.3 is 4.90 Å². The van der Waals surface area contributed by atoms with Crippen molar-refractivity contribution in [2.24, 2.45) is 11.1 Å². The summed E-state index contributed by atoms with van der Waals surface area (Å²) < 4.78 is 22.1. The number of likely N-dealkylation sites (tertiary alicyclic amines) is 1. The van der Waals surface area contributed by atoms with Crippen LogP contribution in [0, 0.1) is 12.8 Å². The normalized spacial score (nSPS) is 20.2. The Balaban J connectivity index is 1.89. The summed E-state index contributed by atoms with van der Waals surface area (Å²) in [5, 5.41) is 5.01. The number of rotatable bonds is 5. The maximum absolute atomic E-state index is 11.8. The summed E-state index contributed by atoms with van der Waals surface area (Å²) in [5.41, 5.74) is 2.79. The highest BCUT2D eigenvalue weighted by atomic mass is 32.2. The average molecular weight is 303 g/mol. The van der Waals surface area contributed by atoms with Crippen molar-refractivity contribution in [3.63, 3.8) is 0 Å². The third kappa shape index (κ3) is 3.99. The van der Waals surface area contributed by atoms with Crippen LogP contribution in [0.2, 0.25) is 0 Å². The number of carbonyl (C=O) groups is 1. The summed E-state index contributed by atoms with van der Waals surface area (Å²) in [6, 6.07) is 0. The van der Waals surface area contributed by atoms with Crippen molar-refractivity contribution >= 4 is 27.3 Å². The van der Waals surface area contributed by atoms with Gasteiger partial charge >= 0.3 is 0 Å². The molecule has 0 radical (unpaired) electrons. The topological polar surface area (TPSA) is 93.4 Å². The van der Waals surface area contributed by atoms with Gasteiger partial charge in [-0.1, -0.05) is 0 Å². The number of nitrogens with two attached hydrogens (primary N) is 1. The van der Waals surface area contributed by atoms with Gasteiger partial charge in [0.1, 0.15) is 0 Å². The second kappa shape index (κ2) is 5.56. The van der Waals surface area contributed by atoms with E-state index in [4.69, 9.17) is 5.14 Å². The molecule has 1 aliphatic rings. The fourth-order valence-corrected chi connectivity index (χ4v) is 3.96. The average Bonchev–Trinajstić information content (AvgIpc) is 2.80. The maximum atomic E-state index is 11.8. The van der Waals surface area contributed by atoms with Crippen molar-refractivity contribution < 1.29 is 13.2 Å². The molecule has 6 nitrogen and oxygen atoms in total. The number of aryl methyl sites for hydroxylation is 1. The highest BCUT2D eigenvalue weighted by Gasteiger charge is 2.31. The van der Waals surface area contributed by atoms with Crippen LogP contribution in [0.3, 0.4) is 0 Å². The minimum atomic E-state index is -3.51. The van der Waals surface area contributed by atoms with Crippen LogP contribution in [-0.4, -0.2) is 43.1 Å². The summed E-state index contributed by atoms with van der Waals surface area (Å²) in [6.45, 7) is 3.04. The van der Waals surface area contributed by atoms with Crippen LogP contribution in [0.5, 0.6) is 0 Å². The fourth-order valence-electron chi connectivity index (χ4n) is 2.31. The summed E-state index contributed by atoms with van der Waals surface area (Å²) in [5.74, 6) is -0.282. The molecule has 1 aromatic rings. The van der Waals surface area contributed by atoms with Crippen LogP contribution >= 0.6 is 11.3 Å². The number of primary sulfonamides is 1. The highest BCUT2D eigenvalue weighted by molar-refractivity contribution is 7.89. The van der Waals surface area contributed by atoms with E-state index >= 15 is 0 Å². The van der Waals surface area contributed by atoms with Crippen molar-refractivity contribution in [3.8, 4) is 0 Å². The molecule has 0 spiro atoms. The van der Waals surface area contributed by atoms with E-state index in [2.05, 4.69) is 4.98 Å². The van der Waals surface area contributed by atoms with Crippen molar-refractivity contribution in [2.75, 3.05) is 18.8 Å². The maximum Gasteiger partial charge on any atom is 0.222 e. The fraction of sp³-hybridized carbons (Fsp3) is 0.636. The van der Waals surface area contributed by atoms with E-state index in [1.165, 1.54) is 4.88 Å².